The molecule has 39 heavy (non-hydrogen) atoms. The van der Waals surface area contributed by atoms with Gasteiger partial charge in [0.15, 0.2) is 9.84 Å². The molecule has 3 fully saturated rings. The fourth-order valence-electron chi connectivity index (χ4n) is 6.63. The van der Waals surface area contributed by atoms with Crippen molar-refractivity contribution in [1.29, 1.82) is 0 Å². The lowest BCUT2D eigenvalue weighted by Crippen LogP contribution is -2.46. The number of sulfone groups is 1. The number of hydrogen-bond acceptors (Lipinski definition) is 5. The van der Waals surface area contributed by atoms with Crippen LogP contribution in [0.1, 0.15) is 49.7 Å². The van der Waals surface area contributed by atoms with Crippen LogP contribution in [0.25, 0.3) is 0 Å². The van der Waals surface area contributed by atoms with E-state index in [1.54, 1.807) is 12.1 Å². The fraction of sp³-hybridized carbons (Fsp3) is 0.533. The number of likely N-dealkylation sites (tertiary alicyclic amines) is 3. The van der Waals surface area contributed by atoms with Crippen LogP contribution in [0, 0.1) is 11.3 Å². The first-order valence-electron chi connectivity index (χ1n) is 13.8. The molecule has 7 nitrogen and oxygen atoms in total. The number of carbonyl (C=O) groups is 2. The third kappa shape index (κ3) is 6.34. The number of hydrogen-bond donors (Lipinski definition) is 0. The smallest absolute Gasteiger partial charge is 0.229 e. The molecular formula is C30H40ClN3O4S. The van der Waals surface area contributed by atoms with Crippen molar-refractivity contribution in [3.05, 3.63) is 65.7 Å². The van der Waals surface area contributed by atoms with Gasteiger partial charge < -0.3 is 14.7 Å². The van der Waals surface area contributed by atoms with Crippen LogP contribution in [-0.2, 0) is 26.0 Å². The van der Waals surface area contributed by atoms with Crippen molar-refractivity contribution in [2.24, 2.45) is 11.3 Å². The van der Waals surface area contributed by atoms with Crippen molar-refractivity contribution in [2.45, 2.75) is 50.0 Å². The van der Waals surface area contributed by atoms with Crippen LogP contribution in [0.2, 0.25) is 0 Å². The Morgan fingerprint density at radius 2 is 1.59 bits per heavy atom. The lowest BCUT2D eigenvalue weighted by Gasteiger charge is -2.39. The maximum absolute atomic E-state index is 13.5. The van der Waals surface area contributed by atoms with E-state index in [9.17, 15) is 18.0 Å². The molecular weight excluding hydrogens is 534 g/mol. The van der Waals surface area contributed by atoms with Gasteiger partial charge in [0.2, 0.25) is 11.8 Å². The number of amides is 2. The quantitative estimate of drug-likeness (QED) is 0.501. The van der Waals surface area contributed by atoms with Crippen molar-refractivity contribution in [2.75, 3.05) is 45.5 Å². The Labute approximate surface area is 238 Å². The molecule has 0 bridgehead atoms. The Balaban J connectivity index is 0.00000353. The van der Waals surface area contributed by atoms with E-state index in [1.165, 1.54) is 11.8 Å². The third-order valence-corrected chi connectivity index (χ3v) is 10.1. The van der Waals surface area contributed by atoms with E-state index < -0.39 is 9.84 Å². The van der Waals surface area contributed by atoms with Crippen LogP contribution in [0.5, 0.6) is 0 Å². The van der Waals surface area contributed by atoms with Crippen LogP contribution in [0.15, 0.2) is 59.5 Å². The van der Waals surface area contributed by atoms with E-state index in [0.29, 0.717) is 29.7 Å². The molecule has 0 aliphatic carbocycles. The lowest BCUT2D eigenvalue weighted by molar-refractivity contribution is -0.139. The Bertz CT molecular complexity index is 1260. The van der Waals surface area contributed by atoms with E-state index in [0.717, 1.165) is 64.1 Å². The van der Waals surface area contributed by atoms with Crippen molar-refractivity contribution in [1.82, 2.24) is 14.7 Å². The van der Waals surface area contributed by atoms with Crippen molar-refractivity contribution in [3.63, 3.8) is 0 Å². The van der Waals surface area contributed by atoms with Gasteiger partial charge in [-0.3, -0.25) is 9.59 Å². The summed E-state index contributed by atoms with van der Waals surface area (Å²) in [5, 5.41) is 0. The molecule has 0 saturated carbocycles. The largest absolute Gasteiger partial charge is 0.342 e. The van der Waals surface area contributed by atoms with E-state index >= 15 is 0 Å². The van der Waals surface area contributed by atoms with Gasteiger partial charge in [-0.1, -0.05) is 49.4 Å². The molecule has 0 radical (unpaired) electrons. The van der Waals surface area contributed by atoms with E-state index in [4.69, 9.17) is 0 Å². The predicted octanol–water partition coefficient (Wildman–Crippen LogP) is 3.98. The number of rotatable bonds is 7. The Hall–Kier alpha value is -2.42. The minimum atomic E-state index is -3.23. The maximum atomic E-state index is 13.5. The van der Waals surface area contributed by atoms with Gasteiger partial charge in [0.1, 0.15) is 0 Å². The first-order valence-corrected chi connectivity index (χ1v) is 15.7. The van der Waals surface area contributed by atoms with Crippen LogP contribution in [0.4, 0.5) is 0 Å². The van der Waals surface area contributed by atoms with E-state index in [1.807, 2.05) is 34.9 Å². The molecule has 0 unspecified atom stereocenters. The molecule has 2 amide bonds. The highest BCUT2D eigenvalue weighted by molar-refractivity contribution is 7.90. The van der Waals surface area contributed by atoms with E-state index in [2.05, 4.69) is 29.2 Å². The third-order valence-electron chi connectivity index (χ3n) is 8.96. The Morgan fingerprint density at radius 3 is 2.21 bits per heavy atom. The number of carbonyl (C=O) groups excluding carboxylic acids is 2. The molecule has 3 aliphatic heterocycles. The lowest BCUT2D eigenvalue weighted by atomic mass is 9.76. The minimum Gasteiger partial charge on any atom is -0.342 e. The molecule has 9 heteroatoms. The van der Waals surface area contributed by atoms with Gasteiger partial charge in [-0.2, -0.15) is 0 Å². The molecule has 2 aromatic rings. The summed E-state index contributed by atoms with van der Waals surface area (Å²) in [6.45, 7) is 7.56. The summed E-state index contributed by atoms with van der Waals surface area (Å²) in [5.41, 5.74) is 1.99. The maximum Gasteiger partial charge on any atom is 0.229 e. The first kappa shape index (κ1) is 29.6. The van der Waals surface area contributed by atoms with Crippen LogP contribution in [0.3, 0.4) is 0 Å². The van der Waals surface area contributed by atoms with Gasteiger partial charge in [0.25, 0.3) is 0 Å². The molecule has 5 rings (SSSR count). The molecule has 1 spiro atoms. The average molecular weight is 574 g/mol. The average Bonchev–Trinajstić information content (AvgIpc) is 3.47. The molecule has 3 heterocycles. The van der Waals surface area contributed by atoms with Gasteiger partial charge in [-0.05, 0) is 61.5 Å². The van der Waals surface area contributed by atoms with Gasteiger partial charge >= 0.3 is 0 Å². The summed E-state index contributed by atoms with van der Waals surface area (Å²) < 4.78 is 23.5. The number of benzene rings is 2. The fourth-order valence-corrected chi connectivity index (χ4v) is 7.26. The van der Waals surface area contributed by atoms with Gasteiger partial charge in [-0.25, -0.2) is 8.42 Å². The standard InChI is InChI=1S/C30H39N3O4S.ClH/c1-3-28(34)33-21-25(27(22-33)24-7-5-4-6-8-24)20-31-16-13-30(14-17-31)15-18-32(29(30)35)19-23-9-11-26(12-10-23)38(2,36)37;/h4-12,25,27H,3,13-22H2,1-2H3;1H/t25-,27+;/m0./s1. The highest BCUT2D eigenvalue weighted by Crippen LogP contribution is 2.43. The Morgan fingerprint density at radius 1 is 0.949 bits per heavy atom. The Kier molecular flexibility index (Phi) is 9.08. The summed E-state index contributed by atoms with van der Waals surface area (Å²) in [6.07, 6.45) is 4.37. The second-order valence-electron chi connectivity index (χ2n) is 11.4. The first-order chi connectivity index (χ1) is 18.2. The van der Waals surface area contributed by atoms with Crippen LogP contribution in [-0.4, -0.2) is 80.5 Å². The monoisotopic (exact) mass is 573 g/mol. The van der Waals surface area contributed by atoms with Crippen molar-refractivity contribution in [3.8, 4) is 0 Å². The van der Waals surface area contributed by atoms with E-state index in [-0.39, 0.29) is 29.6 Å². The van der Waals surface area contributed by atoms with Crippen LogP contribution < -0.4 is 0 Å². The molecule has 3 saturated heterocycles. The highest BCUT2D eigenvalue weighted by Gasteiger charge is 2.48. The summed E-state index contributed by atoms with van der Waals surface area (Å²) in [6, 6.07) is 17.5. The van der Waals surface area contributed by atoms with Crippen LogP contribution >= 0.6 is 12.4 Å². The van der Waals surface area contributed by atoms with Crippen molar-refractivity contribution < 1.29 is 18.0 Å². The molecule has 0 N–H and O–H groups in total. The molecule has 3 aliphatic rings. The summed E-state index contributed by atoms with van der Waals surface area (Å²) in [7, 11) is -3.23. The number of piperidine rings is 1. The predicted molar refractivity (Wildman–Crippen MR) is 154 cm³/mol. The SMILES string of the molecule is CCC(=O)N1C[C@H](CN2CCC3(CC2)CCN(Cc2ccc(S(C)(=O)=O)cc2)C3=O)[C@@H](c2ccccc2)C1.Cl. The molecule has 2 atom stereocenters. The van der Waals surface area contributed by atoms with Gasteiger partial charge in [-0.15, -0.1) is 12.4 Å². The number of halogens is 1. The van der Waals surface area contributed by atoms with Gasteiger partial charge in [0, 0.05) is 51.3 Å². The minimum absolute atomic E-state index is 0. The molecule has 2 aromatic carbocycles. The second kappa shape index (κ2) is 12.0. The summed E-state index contributed by atoms with van der Waals surface area (Å²) in [5.74, 6) is 1.22. The topological polar surface area (TPSA) is 78.0 Å². The number of nitrogens with zero attached hydrogens (tertiary/aromatic N) is 3. The van der Waals surface area contributed by atoms with Crippen molar-refractivity contribution >= 4 is 34.1 Å². The second-order valence-corrected chi connectivity index (χ2v) is 13.4. The van der Waals surface area contributed by atoms with Gasteiger partial charge in [0.05, 0.1) is 10.3 Å². The zero-order chi connectivity index (χ0) is 26.9. The molecule has 212 valence electrons. The summed E-state index contributed by atoms with van der Waals surface area (Å²) in [4.78, 5) is 32.8. The zero-order valence-corrected chi connectivity index (χ0v) is 24.6. The highest BCUT2D eigenvalue weighted by atomic mass is 35.5. The molecule has 0 aromatic heterocycles. The normalized spacial score (nSPS) is 23.3. The summed E-state index contributed by atoms with van der Waals surface area (Å²) >= 11 is 0. The zero-order valence-electron chi connectivity index (χ0n) is 22.9.